The fourth-order valence-corrected chi connectivity index (χ4v) is 2.31. The van der Waals surface area contributed by atoms with Gasteiger partial charge in [0, 0.05) is 11.3 Å². The molecule has 0 saturated carbocycles. The summed E-state index contributed by atoms with van der Waals surface area (Å²) >= 11 is 0. The molecule has 1 amide bonds. The lowest BCUT2D eigenvalue weighted by molar-refractivity contribution is 0.0962. The summed E-state index contributed by atoms with van der Waals surface area (Å²) in [5, 5.41) is 3.12. The number of hydrazine groups is 1. The molecule has 5 N–H and O–H groups in total. The second-order valence-electron chi connectivity index (χ2n) is 5.51. The Morgan fingerprint density at radius 3 is 2.44 bits per heavy atom. The molecule has 8 nitrogen and oxygen atoms in total. The van der Waals surface area contributed by atoms with Gasteiger partial charge in [0.15, 0.2) is 11.6 Å². The van der Waals surface area contributed by atoms with E-state index < -0.39 is 0 Å². The van der Waals surface area contributed by atoms with Crippen LogP contribution in [0, 0.1) is 0 Å². The number of nitrogens with zero attached hydrogens (tertiary/aromatic N) is 2. The van der Waals surface area contributed by atoms with Gasteiger partial charge in [-0.1, -0.05) is 18.2 Å². The van der Waals surface area contributed by atoms with Gasteiger partial charge in [-0.05, 0) is 43.3 Å². The standard InChI is InChI=1S/C19H20N6O2/c1-2-27-15-10-8-14(9-11-15)23-17-16(20)18(22-12-21-17)24-25-19(26)13-6-4-3-5-7-13/h3-12H,2,20H2,1H3,(H,25,26)(H2,21,22,23,24). The molecule has 1 aromatic heterocycles. The zero-order chi connectivity index (χ0) is 19.1. The Balaban J connectivity index is 1.67. The Hall–Kier alpha value is -3.81. The molecule has 0 unspecified atom stereocenters. The number of nitrogens with two attached hydrogens (primary N) is 1. The number of carbonyl (C=O) groups is 1. The Kier molecular flexibility index (Phi) is 5.68. The van der Waals surface area contributed by atoms with Crippen LogP contribution in [0.2, 0.25) is 0 Å². The van der Waals surface area contributed by atoms with Crippen molar-refractivity contribution in [3.63, 3.8) is 0 Å². The minimum absolute atomic E-state index is 0.278. The third kappa shape index (κ3) is 4.63. The summed E-state index contributed by atoms with van der Waals surface area (Å²) in [7, 11) is 0. The fourth-order valence-electron chi connectivity index (χ4n) is 2.31. The van der Waals surface area contributed by atoms with Crippen molar-refractivity contribution in [2.45, 2.75) is 6.92 Å². The van der Waals surface area contributed by atoms with Crippen LogP contribution in [-0.2, 0) is 0 Å². The number of carbonyl (C=O) groups excluding carboxylic acids is 1. The number of amides is 1. The molecule has 0 atom stereocenters. The Labute approximate surface area is 156 Å². The molecule has 3 aromatic rings. The molecule has 0 spiro atoms. The van der Waals surface area contributed by atoms with Crippen molar-refractivity contribution in [1.82, 2.24) is 15.4 Å². The van der Waals surface area contributed by atoms with Gasteiger partial charge in [0.05, 0.1) is 6.61 Å². The lowest BCUT2D eigenvalue weighted by Crippen LogP contribution is -2.30. The molecule has 8 heteroatoms. The largest absolute Gasteiger partial charge is 0.494 e. The van der Waals surface area contributed by atoms with E-state index in [9.17, 15) is 4.79 Å². The molecular weight excluding hydrogens is 344 g/mol. The summed E-state index contributed by atoms with van der Waals surface area (Å²) < 4.78 is 5.42. The van der Waals surface area contributed by atoms with Crippen LogP contribution in [-0.4, -0.2) is 22.5 Å². The molecule has 1 heterocycles. The minimum atomic E-state index is -0.297. The van der Waals surface area contributed by atoms with Crippen molar-refractivity contribution < 1.29 is 9.53 Å². The van der Waals surface area contributed by atoms with E-state index in [2.05, 4.69) is 26.1 Å². The minimum Gasteiger partial charge on any atom is -0.494 e. The van der Waals surface area contributed by atoms with Crippen LogP contribution >= 0.6 is 0 Å². The smallest absolute Gasteiger partial charge is 0.269 e. The van der Waals surface area contributed by atoms with Gasteiger partial charge in [-0.15, -0.1) is 0 Å². The van der Waals surface area contributed by atoms with E-state index >= 15 is 0 Å². The van der Waals surface area contributed by atoms with Gasteiger partial charge in [0.25, 0.3) is 5.91 Å². The fraction of sp³-hybridized carbons (Fsp3) is 0.105. The maximum absolute atomic E-state index is 12.1. The van der Waals surface area contributed by atoms with Gasteiger partial charge in [0.2, 0.25) is 0 Å². The molecule has 2 aromatic carbocycles. The van der Waals surface area contributed by atoms with Crippen molar-refractivity contribution >= 4 is 28.9 Å². The molecular formula is C19H20N6O2. The molecule has 0 fully saturated rings. The van der Waals surface area contributed by atoms with Gasteiger partial charge in [-0.2, -0.15) is 0 Å². The van der Waals surface area contributed by atoms with E-state index in [1.54, 1.807) is 24.3 Å². The van der Waals surface area contributed by atoms with E-state index in [1.807, 2.05) is 37.3 Å². The third-order valence-electron chi connectivity index (χ3n) is 3.64. The number of nitrogen functional groups attached to an aromatic ring is 1. The third-order valence-corrected chi connectivity index (χ3v) is 3.64. The maximum atomic E-state index is 12.1. The van der Waals surface area contributed by atoms with Crippen LogP contribution in [0.5, 0.6) is 5.75 Å². The van der Waals surface area contributed by atoms with Crippen molar-refractivity contribution in [3.8, 4) is 5.75 Å². The Morgan fingerprint density at radius 1 is 1.04 bits per heavy atom. The summed E-state index contributed by atoms with van der Waals surface area (Å²) in [4.78, 5) is 20.3. The zero-order valence-corrected chi connectivity index (χ0v) is 14.8. The Morgan fingerprint density at radius 2 is 1.74 bits per heavy atom. The average Bonchev–Trinajstić information content (AvgIpc) is 2.71. The van der Waals surface area contributed by atoms with Crippen LogP contribution in [0.1, 0.15) is 17.3 Å². The summed E-state index contributed by atoms with van der Waals surface area (Å²) in [6.07, 6.45) is 1.35. The van der Waals surface area contributed by atoms with E-state index in [4.69, 9.17) is 10.5 Å². The van der Waals surface area contributed by atoms with E-state index in [0.29, 0.717) is 23.8 Å². The first kappa shape index (κ1) is 18.0. The number of ether oxygens (including phenoxy) is 1. The van der Waals surface area contributed by atoms with Crippen molar-refractivity contribution in [2.75, 3.05) is 23.1 Å². The van der Waals surface area contributed by atoms with Crippen LogP contribution in [0.25, 0.3) is 0 Å². The highest BCUT2D eigenvalue weighted by Gasteiger charge is 2.10. The van der Waals surface area contributed by atoms with Gasteiger partial charge >= 0.3 is 0 Å². The molecule has 0 aliphatic heterocycles. The predicted molar refractivity (Wildman–Crippen MR) is 105 cm³/mol. The maximum Gasteiger partial charge on any atom is 0.269 e. The van der Waals surface area contributed by atoms with Crippen LogP contribution in [0.3, 0.4) is 0 Å². The molecule has 138 valence electrons. The summed E-state index contributed by atoms with van der Waals surface area (Å²) in [6, 6.07) is 16.2. The lowest BCUT2D eigenvalue weighted by atomic mass is 10.2. The summed E-state index contributed by atoms with van der Waals surface area (Å²) in [5.74, 6) is 1.20. The lowest BCUT2D eigenvalue weighted by Gasteiger charge is -2.13. The number of benzene rings is 2. The number of rotatable bonds is 7. The molecule has 0 aliphatic carbocycles. The second kappa shape index (κ2) is 8.52. The summed E-state index contributed by atoms with van der Waals surface area (Å²) in [5.41, 5.74) is 13.0. The van der Waals surface area contributed by atoms with Gasteiger partial charge in [-0.3, -0.25) is 15.6 Å². The Bertz CT molecular complexity index is 900. The predicted octanol–water partition coefficient (Wildman–Crippen LogP) is 2.96. The molecule has 0 bridgehead atoms. The first-order valence-electron chi connectivity index (χ1n) is 8.39. The topological polar surface area (TPSA) is 114 Å². The molecule has 3 rings (SSSR count). The van der Waals surface area contributed by atoms with E-state index in [1.165, 1.54) is 6.33 Å². The van der Waals surface area contributed by atoms with E-state index in [-0.39, 0.29) is 11.6 Å². The average molecular weight is 364 g/mol. The van der Waals surface area contributed by atoms with Crippen LogP contribution in [0.15, 0.2) is 60.9 Å². The SMILES string of the molecule is CCOc1ccc(Nc2ncnc(NNC(=O)c3ccccc3)c2N)cc1. The normalized spacial score (nSPS) is 10.1. The quantitative estimate of drug-likeness (QED) is 0.477. The zero-order valence-electron chi connectivity index (χ0n) is 14.8. The van der Waals surface area contributed by atoms with Gasteiger partial charge < -0.3 is 15.8 Å². The number of hydrogen-bond donors (Lipinski definition) is 4. The van der Waals surface area contributed by atoms with Gasteiger partial charge in [-0.25, -0.2) is 9.97 Å². The number of hydrogen-bond acceptors (Lipinski definition) is 7. The van der Waals surface area contributed by atoms with Crippen LogP contribution in [0.4, 0.5) is 23.0 Å². The molecule has 0 aliphatic rings. The van der Waals surface area contributed by atoms with E-state index in [0.717, 1.165) is 11.4 Å². The molecule has 0 saturated heterocycles. The van der Waals surface area contributed by atoms with Crippen molar-refractivity contribution in [3.05, 3.63) is 66.5 Å². The van der Waals surface area contributed by atoms with Crippen molar-refractivity contribution in [2.24, 2.45) is 0 Å². The highest BCUT2D eigenvalue weighted by Crippen LogP contribution is 2.26. The highest BCUT2D eigenvalue weighted by atomic mass is 16.5. The second-order valence-corrected chi connectivity index (χ2v) is 5.51. The van der Waals surface area contributed by atoms with Crippen molar-refractivity contribution in [1.29, 1.82) is 0 Å². The van der Waals surface area contributed by atoms with Crippen LogP contribution < -0.4 is 26.6 Å². The monoisotopic (exact) mass is 364 g/mol. The van der Waals surface area contributed by atoms with Gasteiger partial charge in [0.1, 0.15) is 17.8 Å². The molecule has 0 radical (unpaired) electrons. The highest BCUT2D eigenvalue weighted by molar-refractivity contribution is 5.95. The summed E-state index contributed by atoms with van der Waals surface area (Å²) in [6.45, 7) is 2.54. The first-order chi connectivity index (χ1) is 13.2. The molecule has 27 heavy (non-hydrogen) atoms. The number of anilines is 4. The number of aromatic nitrogens is 2. The first-order valence-corrected chi connectivity index (χ1v) is 8.39. The number of nitrogens with one attached hydrogen (secondary N) is 3.